The van der Waals surface area contributed by atoms with Crippen LogP contribution in [0.5, 0.6) is 5.75 Å². The maximum atomic E-state index is 11.3. The molecule has 1 aromatic rings. The highest BCUT2D eigenvalue weighted by atomic mass is 16.5. The van der Waals surface area contributed by atoms with Gasteiger partial charge < -0.3 is 21.9 Å². The van der Waals surface area contributed by atoms with Crippen molar-refractivity contribution < 1.29 is 9.53 Å². The Bertz CT molecular complexity index is 518. The summed E-state index contributed by atoms with van der Waals surface area (Å²) in [6, 6.07) is 4.81. The van der Waals surface area contributed by atoms with Crippen LogP contribution in [-0.4, -0.2) is 24.8 Å². The van der Waals surface area contributed by atoms with Gasteiger partial charge in [-0.1, -0.05) is 0 Å². The molecule has 7 heteroatoms. The van der Waals surface area contributed by atoms with Gasteiger partial charge >= 0.3 is 0 Å². The third-order valence-corrected chi connectivity index (χ3v) is 2.06. The number of carbonyl (C=O) groups excluding carboxylic acids is 1. The molecule has 0 spiro atoms. The fraction of sp³-hybridized carbons (Fsp3) is 0.182. The van der Waals surface area contributed by atoms with Crippen molar-refractivity contribution in [1.29, 1.82) is 0 Å². The lowest BCUT2D eigenvalue weighted by Crippen LogP contribution is -2.26. The number of ether oxygens (including phenoxy) is 1. The molecule has 0 aromatic heterocycles. The van der Waals surface area contributed by atoms with E-state index >= 15 is 0 Å². The summed E-state index contributed by atoms with van der Waals surface area (Å²) in [6.07, 6.45) is 0. The highest BCUT2D eigenvalue weighted by Crippen LogP contribution is 2.28. The molecule has 96 valence electrons. The smallest absolute Gasteiger partial charge is 0.223 e. The Morgan fingerprint density at radius 2 is 1.94 bits per heavy atom. The minimum Gasteiger partial charge on any atom is -0.494 e. The molecular weight excluding hydrogens is 234 g/mol. The van der Waals surface area contributed by atoms with Crippen LogP contribution in [0.2, 0.25) is 0 Å². The molecule has 0 amide bonds. The van der Waals surface area contributed by atoms with Gasteiger partial charge in [-0.3, -0.25) is 4.79 Å². The highest BCUT2D eigenvalue weighted by Gasteiger charge is 2.07. The average Bonchev–Trinajstić information content (AvgIpc) is 2.27. The largest absolute Gasteiger partial charge is 0.494 e. The van der Waals surface area contributed by atoms with Gasteiger partial charge in [0.05, 0.1) is 7.11 Å². The molecule has 0 bridgehead atoms. The first-order valence-corrected chi connectivity index (χ1v) is 5.06. The molecule has 0 aliphatic carbocycles. The molecule has 0 unspecified atom stereocenters. The number of rotatable bonds is 3. The number of hydrogen-bond acceptors (Lipinski definition) is 3. The molecule has 7 nitrogen and oxygen atoms in total. The van der Waals surface area contributed by atoms with Gasteiger partial charge in [-0.05, 0) is 25.1 Å². The molecule has 0 aliphatic rings. The summed E-state index contributed by atoms with van der Waals surface area (Å²) in [7, 11) is 1.48. The van der Waals surface area contributed by atoms with Crippen LogP contribution in [0.25, 0.3) is 0 Å². The standard InChI is InChI=1S/C11H15N5O2/c1-6(17)7-3-4-9(18-2)8(5-7)15-11(14)16-10(12)13/h3-5H,1-2H3,(H6,12,13,14,15,16). The number of Topliss-reactive ketones (excluding diaryl/α,β-unsaturated/α-hetero) is 1. The van der Waals surface area contributed by atoms with E-state index in [1.54, 1.807) is 18.2 Å². The molecule has 1 aromatic carbocycles. The molecule has 0 saturated heterocycles. The van der Waals surface area contributed by atoms with Gasteiger partial charge in [0.2, 0.25) is 5.96 Å². The second-order valence-electron chi connectivity index (χ2n) is 3.45. The summed E-state index contributed by atoms with van der Waals surface area (Å²) < 4.78 is 5.10. The minimum absolute atomic E-state index is 0.0884. The predicted molar refractivity (Wildman–Crippen MR) is 70.1 cm³/mol. The van der Waals surface area contributed by atoms with E-state index in [4.69, 9.17) is 21.9 Å². The molecule has 0 atom stereocenters. The number of carbonyl (C=O) groups is 1. The third-order valence-electron chi connectivity index (χ3n) is 2.06. The van der Waals surface area contributed by atoms with E-state index in [0.717, 1.165) is 0 Å². The molecule has 18 heavy (non-hydrogen) atoms. The SMILES string of the molecule is COc1ccc(C(C)=O)cc1N=C(N)N=C(N)N. The zero-order valence-corrected chi connectivity index (χ0v) is 10.2. The predicted octanol–water partition coefficient (Wildman–Crippen LogP) is 0.117. The van der Waals surface area contributed by atoms with Crippen LogP contribution >= 0.6 is 0 Å². The summed E-state index contributed by atoms with van der Waals surface area (Å²) in [5, 5.41) is 0. The average molecular weight is 249 g/mol. The lowest BCUT2D eigenvalue weighted by Gasteiger charge is -2.06. The maximum Gasteiger partial charge on any atom is 0.223 e. The summed E-state index contributed by atoms with van der Waals surface area (Å²) in [6.45, 7) is 1.45. The van der Waals surface area contributed by atoms with Crippen molar-refractivity contribution in [3.8, 4) is 5.75 Å². The van der Waals surface area contributed by atoms with Crippen LogP contribution in [0.1, 0.15) is 17.3 Å². The molecule has 0 aliphatic heterocycles. The van der Waals surface area contributed by atoms with E-state index in [1.165, 1.54) is 14.0 Å². The zero-order valence-electron chi connectivity index (χ0n) is 10.2. The van der Waals surface area contributed by atoms with E-state index in [0.29, 0.717) is 17.0 Å². The molecular formula is C11H15N5O2. The normalized spacial score (nSPS) is 10.9. The van der Waals surface area contributed by atoms with E-state index < -0.39 is 0 Å². The quantitative estimate of drug-likeness (QED) is 0.398. The van der Waals surface area contributed by atoms with Gasteiger partial charge in [0.15, 0.2) is 11.7 Å². The van der Waals surface area contributed by atoms with E-state index in [1.807, 2.05) is 0 Å². The van der Waals surface area contributed by atoms with Crippen LogP contribution < -0.4 is 21.9 Å². The number of methoxy groups -OCH3 is 1. The van der Waals surface area contributed by atoms with Crippen molar-refractivity contribution in [2.24, 2.45) is 27.2 Å². The topological polar surface area (TPSA) is 129 Å². The van der Waals surface area contributed by atoms with Crippen LogP contribution in [0.4, 0.5) is 5.69 Å². The number of nitrogens with zero attached hydrogens (tertiary/aromatic N) is 2. The van der Waals surface area contributed by atoms with Gasteiger partial charge in [-0.2, -0.15) is 4.99 Å². The molecule has 0 saturated carbocycles. The number of ketones is 1. The number of hydrogen-bond donors (Lipinski definition) is 3. The first-order valence-electron chi connectivity index (χ1n) is 5.06. The Labute approximate surface area is 104 Å². The summed E-state index contributed by atoms with van der Waals surface area (Å²) in [5.41, 5.74) is 16.7. The zero-order chi connectivity index (χ0) is 13.7. The fourth-order valence-electron chi connectivity index (χ4n) is 1.28. The Kier molecular flexibility index (Phi) is 4.25. The minimum atomic E-state index is -0.196. The second kappa shape index (κ2) is 5.67. The van der Waals surface area contributed by atoms with Crippen LogP contribution in [-0.2, 0) is 0 Å². The Morgan fingerprint density at radius 1 is 1.28 bits per heavy atom. The lowest BCUT2D eigenvalue weighted by atomic mass is 10.1. The Balaban J connectivity index is 3.24. The second-order valence-corrected chi connectivity index (χ2v) is 3.45. The Hall–Kier alpha value is -2.57. The van der Waals surface area contributed by atoms with Crippen molar-refractivity contribution >= 4 is 23.4 Å². The number of guanidine groups is 2. The van der Waals surface area contributed by atoms with E-state index in [-0.39, 0.29) is 17.7 Å². The van der Waals surface area contributed by atoms with Gasteiger partial charge in [0.25, 0.3) is 0 Å². The van der Waals surface area contributed by atoms with Gasteiger partial charge in [-0.15, -0.1) is 0 Å². The lowest BCUT2D eigenvalue weighted by molar-refractivity contribution is 0.101. The molecule has 6 N–H and O–H groups in total. The Morgan fingerprint density at radius 3 is 2.44 bits per heavy atom. The first kappa shape index (κ1) is 13.5. The summed E-state index contributed by atoms with van der Waals surface area (Å²) in [5.74, 6) is 0.0650. The fourth-order valence-corrected chi connectivity index (χ4v) is 1.28. The van der Waals surface area contributed by atoms with Crippen molar-refractivity contribution in [2.45, 2.75) is 6.92 Å². The van der Waals surface area contributed by atoms with Crippen LogP contribution in [0, 0.1) is 0 Å². The first-order chi connectivity index (χ1) is 8.43. The highest BCUT2D eigenvalue weighted by molar-refractivity contribution is 5.97. The van der Waals surface area contributed by atoms with E-state index in [9.17, 15) is 4.79 Å². The van der Waals surface area contributed by atoms with Crippen LogP contribution in [0.3, 0.4) is 0 Å². The molecule has 0 heterocycles. The van der Waals surface area contributed by atoms with Gasteiger partial charge in [0.1, 0.15) is 11.4 Å². The molecule has 1 rings (SSSR count). The number of benzene rings is 1. The van der Waals surface area contributed by atoms with Gasteiger partial charge in [-0.25, -0.2) is 4.99 Å². The van der Waals surface area contributed by atoms with Crippen molar-refractivity contribution in [3.63, 3.8) is 0 Å². The van der Waals surface area contributed by atoms with Crippen molar-refractivity contribution in [2.75, 3.05) is 7.11 Å². The van der Waals surface area contributed by atoms with Crippen LogP contribution in [0.15, 0.2) is 28.2 Å². The number of aliphatic imine (C=N–C) groups is 2. The summed E-state index contributed by atoms with van der Waals surface area (Å²) in [4.78, 5) is 18.8. The van der Waals surface area contributed by atoms with Crippen molar-refractivity contribution in [3.05, 3.63) is 23.8 Å². The monoisotopic (exact) mass is 249 g/mol. The maximum absolute atomic E-state index is 11.3. The van der Waals surface area contributed by atoms with Gasteiger partial charge in [0, 0.05) is 5.56 Å². The summed E-state index contributed by atoms with van der Waals surface area (Å²) >= 11 is 0. The van der Waals surface area contributed by atoms with E-state index in [2.05, 4.69) is 9.98 Å². The molecule has 0 fully saturated rings. The third kappa shape index (κ3) is 3.48. The number of nitrogens with two attached hydrogens (primary N) is 3. The molecule has 0 radical (unpaired) electrons. The van der Waals surface area contributed by atoms with Crippen molar-refractivity contribution in [1.82, 2.24) is 0 Å².